The second-order valence-electron chi connectivity index (χ2n) is 7.49. The standard InChI is InChI=1S/C23H21Cl2NO2/c1-13-6-3-9-18(14(13)2)26-19-10-5-11-20(27)22(19)16(12-21(26)28)15-7-4-8-17(24)23(15)25/h3-4,6-9,16H,5,10-12H2,1-2H3. The number of allylic oxidation sites excluding steroid dienone is 2. The molecule has 5 heteroatoms. The van der Waals surface area contributed by atoms with E-state index in [1.807, 2.05) is 44.2 Å². The summed E-state index contributed by atoms with van der Waals surface area (Å²) >= 11 is 12.7. The molecule has 0 fully saturated rings. The van der Waals surface area contributed by atoms with Gasteiger partial charge in [-0.15, -0.1) is 0 Å². The lowest BCUT2D eigenvalue weighted by Crippen LogP contribution is -2.41. The Morgan fingerprint density at radius 2 is 1.75 bits per heavy atom. The first-order chi connectivity index (χ1) is 13.4. The summed E-state index contributed by atoms with van der Waals surface area (Å²) in [6.45, 7) is 4.05. The summed E-state index contributed by atoms with van der Waals surface area (Å²) < 4.78 is 0. The van der Waals surface area contributed by atoms with Crippen LogP contribution in [0.2, 0.25) is 10.0 Å². The highest BCUT2D eigenvalue weighted by Crippen LogP contribution is 2.46. The molecule has 0 bridgehead atoms. The zero-order valence-corrected chi connectivity index (χ0v) is 17.4. The number of ketones is 1. The Kier molecular flexibility index (Phi) is 5.07. The summed E-state index contributed by atoms with van der Waals surface area (Å²) in [6, 6.07) is 11.3. The van der Waals surface area contributed by atoms with Gasteiger partial charge in [0.25, 0.3) is 0 Å². The maximum Gasteiger partial charge on any atom is 0.232 e. The number of hydrogen-bond acceptors (Lipinski definition) is 2. The first-order valence-corrected chi connectivity index (χ1v) is 10.2. The Balaban J connectivity index is 1.92. The number of carbonyl (C=O) groups excluding carboxylic acids is 2. The van der Waals surface area contributed by atoms with Gasteiger partial charge in [0.1, 0.15) is 0 Å². The number of halogens is 2. The van der Waals surface area contributed by atoms with Crippen LogP contribution in [0, 0.1) is 13.8 Å². The minimum Gasteiger partial charge on any atom is -0.294 e. The van der Waals surface area contributed by atoms with Gasteiger partial charge in [0.05, 0.1) is 15.7 Å². The monoisotopic (exact) mass is 413 g/mol. The van der Waals surface area contributed by atoms with E-state index in [0.29, 0.717) is 22.9 Å². The predicted octanol–water partition coefficient (Wildman–Crippen LogP) is 6.14. The summed E-state index contributed by atoms with van der Waals surface area (Å²) in [4.78, 5) is 28.0. The Bertz CT molecular complexity index is 1030. The molecule has 0 radical (unpaired) electrons. The number of carbonyl (C=O) groups is 2. The van der Waals surface area contributed by atoms with Crippen LogP contribution in [0.3, 0.4) is 0 Å². The molecule has 1 amide bonds. The van der Waals surface area contributed by atoms with E-state index in [9.17, 15) is 9.59 Å². The van der Waals surface area contributed by atoms with Gasteiger partial charge in [-0.2, -0.15) is 0 Å². The second-order valence-corrected chi connectivity index (χ2v) is 8.27. The van der Waals surface area contributed by atoms with Crippen LogP contribution in [0.25, 0.3) is 0 Å². The van der Waals surface area contributed by atoms with Crippen LogP contribution in [0.15, 0.2) is 47.7 Å². The molecule has 1 atom stereocenters. The molecule has 1 aliphatic carbocycles. The van der Waals surface area contributed by atoms with Crippen molar-refractivity contribution < 1.29 is 9.59 Å². The number of anilines is 1. The smallest absolute Gasteiger partial charge is 0.232 e. The summed E-state index contributed by atoms with van der Waals surface area (Å²) in [7, 11) is 0. The topological polar surface area (TPSA) is 37.4 Å². The van der Waals surface area contributed by atoms with Gasteiger partial charge >= 0.3 is 0 Å². The average Bonchev–Trinajstić information content (AvgIpc) is 2.66. The van der Waals surface area contributed by atoms with Gasteiger partial charge in [0.15, 0.2) is 5.78 Å². The number of amides is 1. The van der Waals surface area contributed by atoms with Crippen LogP contribution in [0.4, 0.5) is 5.69 Å². The number of hydrogen-bond donors (Lipinski definition) is 0. The van der Waals surface area contributed by atoms with E-state index in [4.69, 9.17) is 23.2 Å². The van der Waals surface area contributed by atoms with Crippen molar-refractivity contribution in [2.24, 2.45) is 0 Å². The van der Waals surface area contributed by atoms with E-state index < -0.39 is 0 Å². The SMILES string of the molecule is Cc1cccc(N2C(=O)CC(c3cccc(Cl)c3Cl)C3=C2CCCC3=O)c1C. The molecule has 2 aromatic carbocycles. The van der Waals surface area contributed by atoms with E-state index in [-0.39, 0.29) is 24.0 Å². The normalized spacial score (nSPS) is 19.9. The fourth-order valence-electron chi connectivity index (χ4n) is 4.31. The molecule has 144 valence electrons. The Hall–Kier alpha value is -2.10. The van der Waals surface area contributed by atoms with Crippen LogP contribution >= 0.6 is 23.2 Å². The Morgan fingerprint density at radius 3 is 2.54 bits per heavy atom. The fraction of sp³-hybridized carbons (Fsp3) is 0.304. The van der Waals surface area contributed by atoms with E-state index in [0.717, 1.165) is 40.1 Å². The lowest BCUT2D eigenvalue weighted by atomic mass is 9.77. The highest BCUT2D eigenvalue weighted by atomic mass is 35.5. The third-order valence-electron chi connectivity index (χ3n) is 5.85. The molecule has 1 aliphatic heterocycles. The van der Waals surface area contributed by atoms with Crippen LogP contribution in [-0.4, -0.2) is 11.7 Å². The number of benzene rings is 2. The molecule has 0 saturated heterocycles. The van der Waals surface area contributed by atoms with Crippen LogP contribution in [-0.2, 0) is 9.59 Å². The zero-order chi connectivity index (χ0) is 20.0. The van der Waals surface area contributed by atoms with Crippen molar-refractivity contribution in [3.8, 4) is 0 Å². The lowest BCUT2D eigenvalue weighted by Gasteiger charge is -2.39. The molecule has 4 rings (SSSR count). The summed E-state index contributed by atoms with van der Waals surface area (Å²) in [5, 5.41) is 0.862. The first kappa shape index (κ1) is 19.2. The van der Waals surface area contributed by atoms with Crippen molar-refractivity contribution in [1.29, 1.82) is 0 Å². The molecule has 1 unspecified atom stereocenters. The van der Waals surface area contributed by atoms with Crippen molar-refractivity contribution >= 4 is 40.6 Å². The molecule has 28 heavy (non-hydrogen) atoms. The molecule has 0 N–H and O–H groups in total. The van der Waals surface area contributed by atoms with E-state index in [1.54, 1.807) is 11.0 Å². The molecule has 1 heterocycles. The summed E-state index contributed by atoms with van der Waals surface area (Å²) in [6.07, 6.45) is 2.16. The second kappa shape index (κ2) is 7.38. The molecular weight excluding hydrogens is 393 g/mol. The molecule has 2 aliphatic rings. The van der Waals surface area contributed by atoms with Crippen molar-refractivity contribution in [2.45, 2.75) is 45.4 Å². The van der Waals surface area contributed by atoms with Gasteiger partial charge in [0.2, 0.25) is 5.91 Å². The molecule has 0 aromatic heterocycles. The van der Waals surface area contributed by atoms with Gasteiger partial charge in [-0.05, 0) is 55.5 Å². The number of Topliss-reactive ketones (excluding diaryl/α,β-unsaturated/α-hetero) is 1. The molecule has 3 nitrogen and oxygen atoms in total. The number of rotatable bonds is 2. The van der Waals surface area contributed by atoms with Gasteiger partial charge in [0, 0.05) is 30.0 Å². The Labute approximate surface area is 174 Å². The van der Waals surface area contributed by atoms with Crippen molar-refractivity contribution in [3.05, 3.63) is 74.4 Å². The van der Waals surface area contributed by atoms with Gasteiger partial charge in [-0.25, -0.2) is 0 Å². The highest BCUT2D eigenvalue weighted by Gasteiger charge is 2.40. The molecule has 2 aromatic rings. The van der Waals surface area contributed by atoms with Crippen molar-refractivity contribution in [1.82, 2.24) is 0 Å². The quantitative estimate of drug-likeness (QED) is 0.592. The highest BCUT2D eigenvalue weighted by molar-refractivity contribution is 6.42. The molecule has 0 spiro atoms. The van der Waals surface area contributed by atoms with E-state index in [1.165, 1.54) is 0 Å². The number of nitrogens with zero attached hydrogens (tertiary/aromatic N) is 1. The summed E-state index contributed by atoms with van der Waals surface area (Å²) in [5.74, 6) is -0.254. The first-order valence-electron chi connectivity index (χ1n) is 9.49. The van der Waals surface area contributed by atoms with Gasteiger partial charge in [-0.1, -0.05) is 47.5 Å². The van der Waals surface area contributed by atoms with Crippen LogP contribution in [0.1, 0.15) is 48.3 Å². The largest absolute Gasteiger partial charge is 0.294 e. The predicted molar refractivity (Wildman–Crippen MR) is 113 cm³/mol. The van der Waals surface area contributed by atoms with Crippen LogP contribution < -0.4 is 4.90 Å². The molecule has 0 saturated carbocycles. The average molecular weight is 414 g/mol. The van der Waals surface area contributed by atoms with Crippen molar-refractivity contribution in [2.75, 3.05) is 4.90 Å². The van der Waals surface area contributed by atoms with Gasteiger partial charge in [-0.3, -0.25) is 14.5 Å². The third kappa shape index (κ3) is 3.07. The maximum absolute atomic E-state index is 13.3. The third-order valence-corrected chi connectivity index (χ3v) is 6.68. The summed E-state index contributed by atoms with van der Waals surface area (Å²) in [5.41, 5.74) is 5.33. The minimum absolute atomic E-state index is 0.0109. The maximum atomic E-state index is 13.3. The van der Waals surface area contributed by atoms with Crippen LogP contribution in [0.5, 0.6) is 0 Å². The van der Waals surface area contributed by atoms with E-state index in [2.05, 4.69) is 0 Å². The minimum atomic E-state index is -0.345. The Morgan fingerprint density at radius 1 is 1.00 bits per heavy atom. The van der Waals surface area contributed by atoms with Crippen molar-refractivity contribution in [3.63, 3.8) is 0 Å². The number of aryl methyl sites for hydroxylation is 1. The van der Waals surface area contributed by atoms with E-state index >= 15 is 0 Å². The van der Waals surface area contributed by atoms with Gasteiger partial charge < -0.3 is 0 Å². The fourth-order valence-corrected chi connectivity index (χ4v) is 4.75. The molecular formula is C23H21Cl2NO2. The zero-order valence-electron chi connectivity index (χ0n) is 15.9. The lowest BCUT2D eigenvalue weighted by molar-refractivity contribution is -0.119.